The van der Waals surface area contributed by atoms with Crippen molar-refractivity contribution in [1.29, 1.82) is 0 Å². The minimum Gasteiger partial charge on any atom is -0.352 e. The Kier molecular flexibility index (Phi) is 11.1. The SMILES string of the molecule is CC(C(=O)NC1CCCCC1)N(Cc1ccc(Cl)cc1Cl)C(=O)CN(c1cccc(Cl)c1)S(=O)(=O)c1ccc(Cl)cc1. The lowest BCUT2D eigenvalue weighted by atomic mass is 9.95. The number of carbonyl (C=O) groups is 2. The van der Waals surface area contributed by atoms with Crippen LogP contribution in [0.15, 0.2) is 71.6 Å². The number of sulfonamides is 1. The number of carbonyl (C=O) groups excluding carboxylic acids is 2. The fraction of sp³-hybridized carbons (Fsp3) is 0.333. The van der Waals surface area contributed by atoms with Gasteiger partial charge in [0.15, 0.2) is 0 Å². The van der Waals surface area contributed by atoms with Crippen molar-refractivity contribution >= 4 is 73.9 Å². The Bertz CT molecular complexity index is 1530. The molecule has 0 spiro atoms. The van der Waals surface area contributed by atoms with Crippen LogP contribution in [0.3, 0.4) is 0 Å². The van der Waals surface area contributed by atoms with Crippen molar-refractivity contribution in [3.8, 4) is 0 Å². The van der Waals surface area contributed by atoms with Crippen LogP contribution >= 0.6 is 46.4 Å². The largest absolute Gasteiger partial charge is 0.352 e. The number of hydrogen-bond acceptors (Lipinski definition) is 4. The lowest BCUT2D eigenvalue weighted by Crippen LogP contribution is -2.53. The van der Waals surface area contributed by atoms with E-state index in [4.69, 9.17) is 46.4 Å². The highest BCUT2D eigenvalue weighted by molar-refractivity contribution is 7.92. The monoisotopic (exact) mass is 669 g/mol. The molecule has 1 aliphatic carbocycles. The van der Waals surface area contributed by atoms with Crippen LogP contribution in [0.25, 0.3) is 0 Å². The van der Waals surface area contributed by atoms with Crippen molar-refractivity contribution in [1.82, 2.24) is 10.2 Å². The third-order valence-electron chi connectivity index (χ3n) is 7.25. The molecule has 7 nitrogen and oxygen atoms in total. The van der Waals surface area contributed by atoms with E-state index in [1.165, 1.54) is 35.2 Å². The summed E-state index contributed by atoms with van der Waals surface area (Å²) >= 11 is 24.7. The zero-order valence-corrected chi connectivity index (χ0v) is 26.7. The van der Waals surface area contributed by atoms with Gasteiger partial charge in [-0.1, -0.05) is 77.8 Å². The van der Waals surface area contributed by atoms with Crippen molar-refractivity contribution in [2.75, 3.05) is 10.8 Å². The van der Waals surface area contributed by atoms with Gasteiger partial charge in [0.05, 0.1) is 10.6 Å². The lowest BCUT2D eigenvalue weighted by molar-refractivity contribution is -0.139. The highest BCUT2D eigenvalue weighted by Crippen LogP contribution is 2.29. The molecule has 0 aromatic heterocycles. The molecule has 1 saturated carbocycles. The van der Waals surface area contributed by atoms with Crippen LogP contribution < -0.4 is 9.62 Å². The number of amides is 2. The van der Waals surface area contributed by atoms with E-state index >= 15 is 0 Å². The molecule has 12 heteroatoms. The van der Waals surface area contributed by atoms with Gasteiger partial charge in [-0.05, 0) is 79.9 Å². The summed E-state index contributed by atoms with van der Waals surface area (Å²) < 4.78 is 28.7. The van der Waals surface area contributed by atoms with E-state index in [0.717, 1.165) is 36.4 Å². The van der Waals surface area contributed by atoms with E-state index in [1.807, 2.05) is 0 Å². The molecule has 4 rings (SSSR count). The fourth-order valence-electron chi connectivity index (χ4n) is 4.88. The second-order valence-corrected chi connectivity index (χ2v) is 13.8. The van der Waals surface area contributed by atoms with Gasteiger partial charge in [-0.3, -0.25) is 13.9 Å². The standard InChI is InChI=1S/C30H31Cl4N3O4S/c1-20(30(39)35-25-7-3-2-4-8-25)36(18-21-10-11-24(33)17-28(21)34)29(38)19-37(26-9-5-6-23(32)16-26)42(40,41)27-14-12-22(31)13-15-27/h5-6,9-17,20,25H,2-4,7-8,18-19H2,1H3,(H,35,39). The molecule has 3 aromatic carbocycles. The van der Waals surface area contributed by atoms with E-state index in [9.17, 15) is 18.0 Å². The predicted molar refractivity (Wildman–Crippen MR) is 169 cm³/mol. The van der Waals surface area contributed by atoms with Crippen LogP contribution in [0.4, 0.5) is 5.69 Å². The molecule has 0 aliphatic heterocycles. The molecule has 0 radical (unpaired) electrons. The molecule has 1 unspecified atom stereocenters. The maximum atomic E-state index is 14.1. The molecule has 1 fully saturated rings. The Labute approximate surface area is 266 Å². The second-order valence-electron chi connectivity index (χ2n) is 10.2. The Morgan fingerprint density at radius 3 is 2.17 bits per heavy atom. The van der Waals surface area contributed by atoms with Crippen molar-refractivity contribution in [2.45, 2.75) is 62.6 Å². The first-order chi connectivity index (χ1) is 20.0. The van der Waals surface area contributed by atoms with Gasteiger partial charge in [0, 0.05) is 32.7 Å². The summed E-state index contributed by atoms with van der Waals surface area (Å²) in [5, 5.41) is 4.47. The summed E-state index contributed by atoms with van der Waals surface area (Å²) in [6, 6.07) is 15.8. The van der Waals surface area contributed by atoms with Crippen molar-refractivity contribution in [3.63, 3.8) is 0 Å². The maximum absolute atomic E-state index is 14.1. The molecule has 3 aromatic rings. The van der Waals surface area contributed by atoms with Gasteiger partial charge in [0.25, 0.3) is 10.0 Å². The first-order valence-electron chi connectivity index (χ1n) is 13.5. The predicted octanol–water partition coefficient (Wildman–Crippen LogP) is 7.36. The van der Waals surface area contributed by atoms with Crippen molar-refractivity contribution in [3.05, 3.63) is 92.4 Å². The van der Waals surface area contributed by atoms with E-state index in [0.29, 0.717) is 25.7 Å². The summed E-state index contributed by atoms with van der Waals surface area (Å²) in [6.45, 7) is 0.979. The van der Waals surface area contributed by atoms with Gasteiger partial charge in [-0.15, -0.1) is 0 Å². The van der Waals surface area contributed by atoms with Crippen LogP contribution in [0, 0.1) is 0 Å². The van der Waals surface area contributed by atoms with Gasteiger partial charge in [-0.25, -0.2) is 8.42 Å². The van der Waals surface area contributed by atoms with Crippen LogP contribution in [-0.4, -0.2) is 43.8 Å². The van der Waals surface area contributed by atoms with E-state index < -0.39 is 28.5 Å². The number of nitrogens with zero attached hydrogens (tertiary/aromatic N) is 2. The normalized spacial score (nSPS) is 14.7. The Morgan fingerprint density at radius 1 is 0.881 bits per heavy atom. The summed E-state index contributed by atoms with van der Waals surface area (Å²) in [5.41, 5.74) is 0.746. The number of halogens is 4. The highest BCUT2D eigenvalue weighted by atomic mass is 35.5. The summed E-state index contributed by atoms with van der Waals surface area (Å²) in [5.74, 6) is -0.931. The number of rotatable bonds is 10. The smallest absolute Gasteiger partial charge is 0.264 e. The lowest BCUT2D eigenvalue weighted by Gasteiger charge is -2.33. The molecule has 1 atom stereocenters. The highest BCUT2D eigenvalue weighted by Gasteiger charge is 2.33. The number of nitrogens with one attached hydrogen (secondary N) is 1. The zero-order chi connectivity index (χ0) is 30.4. The molecule has 0 saturated heterocycles. The minimum absolute atomic E-state index is 0.0259. The second kappa shape index (κ2) is 14.3. The third kappa shape index (κ3) is 8.11. The van der Waals surface area contributed by atoms with Gasteiger partial charge >= 0.3 is 0 Å². The number of anilines is 1. The van der Waals surface area contributed by atoms with E-state index in [-0.39, 0.29) is 29.1 Å². The Balaban J connectivity index is 1.69. The number of benzene rings is 3. The maximum Gasteiger partial charge on any atom is 0.264 e. The summed E-state index contributed by atoms with van der Waals surface area (Å²) in [7, 11) is -4.25. The summed E-state index contributed by atoms with van der Waals surface area (Å²) in [6.07, 6.45) is 4.93. The Hall–Kier alpha value is -2.49. The van der Waals surface area contributed by atoms with Crippen LogP contribution in [0.2, 0.25) is 20.1 Å². The molecule has 1 aliphatic rings. The van der Waals surface area contributed by atoms with Crippen LogP contribution in [-0.2, 0) is 26.2 Å². The zero-order valence-electron chi connectivity index (χ0n) is 22.9. The number of hydrogen-bond donors (Lipinski definition) is 1. The molecule has 1 N–H and O–H groups in total. The fourth-order valence-corrected chi connectivity index (χ4v) is 7.06. The van der Waals surface area contributed by atoms with Crippen LogP contribution in [0.5, 0.6) is 0 Å². The van der Waals surface area contributed by atoms with Crippen molar-refractivity contribution < 1.29 is 18.0 Å². The van der Waals surface area contributed by atoms with Gasteiger partial charge < -0.3 is 10.2 Å². The van der Waals surface area contributed by atoms with Gasteiger partial charge in [0.1, 0.15) is 12.6 Å². The molecular weight excluding hydrogens is 640 g/mol. The topological polar surface area (TPSA) is 86.8 Å². The molecule has 0 heterocycles. The molecule has 224 valence electrons. The molecule has 0 bridgehead atoms. The molecule has 42 heavy (non-hydrogen) atoms. The van der Waals surface area contributed by atoms with Gasteiger partial charge in [0.2, 0.25) is 11.8 Å². The Morgan fingerprint density at radius 2 is 1.52 bits per heavy atom. The molecular formula is C30H31Cl4N3O4S. The average molecular weight is 671 g/mol. The quantitative estimate of drug-likeness (QED) is 0.244. The molecule has 2 amide bonds. The minimum atomic E-state index is -4.25. The summed E-state index contributed by atoms with van der Waals surface area (Å²) in [4.78, 5) is 28.8. The third-order valence-corrected chi connectivity index (χ3v) is 10.1. The van der Waals surface area contributed by atoms with Crippen LogP contribution in [0.1, 0.15) is 44.6 Å². The first kappa shape index (κ1) is 32.4. The van der Waals surface area contributed by atoms with E-state index in [1.54, 1.807) is 43.3 Å². The van der Waals surface area contributed by atoms with E-state index in [2.05, 4.69) is 5.32 Å². The average Bonchev–Trinajstić information content (AvgIpc) is 2.95. The van der Waals surface area contributed by atoms with Gasteiger partial charge in [-0.2, -0.15) is 0 Å². The van der Waals surface area contributed by atoms with Crippen molar-refractivity contribution in [2.24, 2.45) is 0 Å². The first-order valence-corrected chi connectivity index (χ1v) is 16.5.